The van der Waals surface area contributed by atoms with Crippen LogP contribution in [0.2, 0.25) is 5.02 Å². The van der Waals surface area contributed by atoms with Crippen LogP contribution in [-0.4, -0.2) is 4.98 Å². The van der Waals surface area contributed by atoms with Crippen molar-refractivity contribution in [3.05, 3.63) is 45.9 Å². The Morgan fingerprint density at radius 1 is 1.22 bits per heavy atom. The van der Waals surface area contributed by atoms with Crippen LogP contribution in [0.25, 0.3) is 20.8 Å². The summed E-state index contributed by atoms with van der Waals surface area (Å²) in [5.74, 6) is 0. The van der Waals surface area contributed by atoms with Crippen LogP contribution in [0.5, 0.6) is 0 Å². The van der Waals surface area contributed by atoms with Crippen LogP contribution in [0, 0.1) is 0 Å². The fraction of sp³-hybridized carbons (Fsp3) is 0. The van der Waals surface area contributed by atoms with Crippen molar-refractivity contribution in [2.75, 3.05) is 5.73 Å². The molecule has 0 amide bonds. The van der Waals surface area contributed by atoms with Gasteiger partial charge in [-0.25, -0.2) is 4.98 Å². The second-order valence-electron chi connectivity index (χ2n) is 3.84. The summed E-state index contributed by atoms with van der Waals surface area (Å²) >= 11 is 11.2. The topological polar surface area (TPSA) is 38.9 Å². The molecular formula is C13H8BrClN2S. The van der Waals surface area contributed by atoms with Gasteiger partial charge in [0.25, 0.3) is 0 Å². The predicted molar refractivity (Wildman–Crippen MR) is 82.2 cm³/mol. The largest absolute Gasteiger partial charge is 0.398 e. The van der Waals surface area contributed by atoms with Crippen LogP contribution in [-0.2, 0) is 0 Å². The molecule has 0 spiro atoms. The molecule has 1 heterocycles. The molecule has 0 radical (unpaired) electrons. The summed E-state index contributed by atoms with van der Waals surface area (Å²) in [6.45, 7) is 0. The highest BCUT2D eigenvalue weighted by atomic mass is 79.9. The van der Waals surface area contributed by atoms with Gasteiger partial charge in [-0.2, -0.15) is 0 Å². The quantitative estimate of drug-likeness (QED) is 0.636. The summed E-state index contributed by atoms with van der Waals surface area (Å²) in [6, 6.07) is 11.6. The normalized spacial score (nSPS) is 11.0. The van der Waals surface area contributed by atoms with Crippen molar-refractivity contribution in [3.8, 4) is 10.6 Å². The fourth-order valence-corrected chi connectivity index (χ4v) is 3.33. The number of hydrogen-bond donors (Lipinski definition) is 1. The van der Waals surface area contributed by atoms with Gasteiger partial charge in [-0.15, -0.1) is 11.3 Å². The maximum atomic E-state index is 6.16. The van der Waals surface area contributed by atoms with Crippen LogP contribution < -0.4 is 5.73 Å². The van der Waals surface area contributed by atoms with Gasteiger partial charge in [0.2, 0.25) is 0 Å². The summed E-state index contributed by atoms with van der Waals surface area (Å²) in [5.41, 5.74) is 8.46. The Morgan fingerprint density at radius 2 is 2.06 bits per heavy atom. The Morgan fingerprint density at radius 3 is 2.78 bits per heavy atom. The van der Waals surface area contributed by atoms with E-state index in [4.69, 9.17) is 17.3 Å². The molecule has 0 aliphatic carbocycles. The van der Waals surface area contributed by atoms with Crippen molar-refractivity contribution >= 4 is 54.8 Å². The Kier molecular flexibility index (Phi) is 3.01. The molecule has 0 aliphatic rings. The molecule has 0 unspecified atom stereocenters. The first-order valence-corrected chi connectivity index (χ1v) is 7.24. The molecule has 2 N–H and O–H groups in total. The highest BCUT2D eigenvalue weighted by Crippen LogP contribution is 2.35. The number of thiazole rings is 1. The van der Waals surface area contributed by atoms with Crippen LogP contribution in [0.4, 0.5) is 5.69 Å². The van der Waals surface area contributed by atoms with E-state index < -0.39 is 0 Å². The Bertz CT molecular complexity index is 739. The zero-order valence-electron chi connectivity index (χ0n) is 9.15. The van der Waals surface area contributed by atoms with Crippen LogP contribution in [0.3, 0.4) is 0 Å². The van der Waals surface area contributed by atoms with Gasteiger partial charge < -0.3 is 5.73 Å². The number of halogens is 2. The summed E-state index contributed by atoms with van der Waals surface area (Å²) in [7, 11) is 0. The van der Waals surface area contributed by atoms with Crippen molar-refractivity contribution in [1.82, 2.24) is 4.98 Å². The molecule has 2 aromatic carbocycles. The smallest absolute Gasteiger partial charge is 0.124 e. The second-order valence-corrected chi connectivity index (χ2v) is 6.10. The predicted octanol–water partition coefficient (Wildman–Crippen LogP) is 4.96. The summed E-state index contributed by atoms with van der Waals surface area (Å²) in [5, 5.41) is 1.68. The molecule has 0 aliphatic heterocycles. The number of nitrogens with two attached hydrogens (primary N) is 1. The number of rotatable bonds is 1. The van der Waals surface area contributed by atoms with Crippen molar-refractivity contribution in [1.29, 1.82) is 0 Å². The monoisotopic (exact) mass is 338 g/mol. The lowest BCUT2D eigenvalue weighted by molar-refractivity contribution is 1.47. The van der Waals surface area contributed by atoms with E-state index >= 15 is 0 Å². The van der Waals surface area contributed by atoms with Crippen molar-refractivity contribution in [2.24, 2.45) is 0 Å². The second kappa shape index (κ2) is 4.53. The number of nitrogens with zero attached hydrogens (tertiary/aromatic N) is 1. The van der Waals surface area contributed by atoms with E-state index in [2.05, 4.69) is 20.9 Å². The van der Waals surface area contributed by atoms with E-state index in [0.717, 1.165) is 36.0 Å². The molecule has 0 saturated heterocycles. The minimum absolute atomic E-state index is 0.720. The average molecular weight is 340 g/mol. The minimum Gasteiger partial charge on any atom is -0.398 e. The van der Waals surface area contributed by atoms with Gasteiger partial charge in [0.15, 0.2) is 0 Å². The number of benzene rings is 2. The van der Waals surface area contributed by atoms with Gasteiger partial charge in [0, 0.05) is 15.7 Å². The maximum Gasteiger partial charge on any atom is 0.124 e. The van der Waals surface area contributed by atoms with E-state index in [9.17, 15) is 0 Å². The molecule has 0 bridgehead atoms. The number of hydrogen-bond acceptors (Lipinski definition) is 3. The summed E-state index contributed by atoms with van der Waals surface area (Å²) in [4.78, 5) is 4.59. The van der Waals surface area contributed by atoms with E-state index in [1.54, 1.807) is 11.3 Å². The zero-order valence-corrected chi connectivity index (χ0v) is 12.3. The van der Waals surface area contributed by atoms with Crippen molar-refractivity contribution in [3.63, 3.8) is 0 Å². The number of aromatic nitrogens is 1. The fourth-order valence-electron chi connectivity index (χ4n) is 1.70. The van der Waals surface area contributed by atoms with E-state index in [-0.39, 0.29) is 0 Å². The molecule has 18 heavy (non-hydrogen) atoms. The van der Waals surface area contributed by atoms with E-state index in [1.165, 1.54) is 0 Å². The van der Waals surface area contributed by atoms with Gasteiger partial charge in [-0.05, 0) is 46.3 Å². The first kappa shape index (κ1) is 12.0. The standard InChI is InChI=1S/C13H8BrClN2S/c14-8-6-7(4-5-10(8)16)13-17-11-3-1-2-9(15)12(11)18-13/h1-6H,16H2. The molecule has 5 heteroatoms. The molecule has 1 aromatic heterocycles. The van der Waals surface area contributed by atoms with Crippen molar-refractivity contribution < 1.29 is 0 Å². The van der Waals surface area contributed by atoms with Crippen LogP contribution >= 0.6 is 38.9 Å². The van der Waals surface area contributed by atoms with Crippen LogP contribution in [0.15, 0.2) is 40.9 Å². The Labute approximate surface area is 122 Å². The van der Waals surface area contributed by atoms with Gasteiger partial charge >= 0.3 is 0 Å². The number of fused-ring (bicyclic) bond motifs is 1. The van der Waals surface area contributed by atoms with E-state index in [0.29, 0.717) is 0 Å². The zero-order chi connectivity index (χ0) is 12.7. The van der Waals surface area contributed by atoms with Gasteiger partial charge in [0.05, 0.1) is 15.2 Å². The Balaban J connectivity index is 2.19. The lowest BCUT2D eigenvalue weighted by atomic mass is 10.2. The minimum atomic E-state index is 0.720. The van der Waals surface area contributed by atoms with Crippen molar-refractivity contribution in [2.45, 2.75) is 0 Å². The third-order valence-electron chi connectivity index (χ3n) is 2.61. The van der Waals surface area contributed by atoms with Gasteiger partial charge in [-0.1, -0.05) is 17.7 Å². The molecule has 0 atom stereocenters. The molecule has 3 aromatic rings. The van der Waals surface area contributed by atoms with Gasteiger partial charge in [-0.3, -0.25) is 0 Å². The molecular weight excluding hydrogens is 332 g/mol. The maximum absolute atomic E-state index is 6.16. The highest BCUT2D eigenvalue weighted by molar-refractivity contribution is 9.10. The molecule has 0 fully saturated rings. The number of anilines is 1. The van der Waals surface area contributed by atoms with E-state index in [1.807, 2.05) is 36.4 Å². The molecule has 3 rings (SSSR count). The summed E-state index contributed by atoms with van der Waals surface area (Å²) < 4.78 is 1.90. The first-order chi connectivity index (χ1) is 8.65. The van der Waals surface area contributed by atoms with Gasteiger partial charge in [0.1, 0.15) is 5.01 Å². The number of nitrogen functional groups attached to an aromatic ring is 1. The third kappa shape index (κ3) is 2.00. The lowest BCUT2D eigenvalue weighted by Gasteiger charge is -2.00. The first-order valence-electron chi connectivity index (χ1n) is 5.25. The lowest BCUT2D eigenvalue weighted by Crippen LogP contribution is -1.86. The average Bonchev–Trinajstić information content (AvgIpc) is 2.78. The van der Waals surface area contributed by atoms with Crippen LogP contribution in [0.1, 0.15) is 0 Å². The highest BCUT2D eigenvalue weighted by Gasteiger charge is 2.09. The SMILES string of the molecule is Nc1ccc(-c2nc3cccc(Cl)c3s2)cc1Br. The third-order valence-corrected chi connectivity index (χ3v) is 4.88. The Hall–Kier alpha value is -1.10. The molecule has 0 saturated carbocycles. The summed E-state index contributed by atoms with van der Waals surface area (Å²) in [6.07, 6.45) is 0. The molecule has 90 valence electrons. The molecule has 2 nitrogen and oxygen atoms in total.